The molecule has 0 atom stereocenters. The van der Waals surface area contributed by atoms with E-state index in [2.05, 4.69) is 0 Å². The fourth-order valence-corrected chi connectivity index (χ4v) is 0.373. The molecule has 0 aromatic carbocycles. The van der Waals surface area contributed by atoms with Crippen molar-refractivity contribution < 1.29 is 10.7 Å². The third kappa shape index (κ3) is 4.01. The van der Waals surface area contributed by atoms with Gasteiger partial charge in [0, 0.05) is 20.2 Å². The Bertz CT molecular complexity index is 51.3. The average Bonchev–Trinajstić information content (AvgIpc) is 1.83. The molecule has 0 fully saturated rings. The number of hydrogen-bond acceptors (Lipinski definition) is 3. The Morgan fingerprint density at radius 2 is 2.38 bits per heavy atom. The zero-order valence-corrected chi connectivity index (χ0v) is 5.00. The van der Waals surface area contributed by atoms with Gasteiger partial charge in [-0.2, -0.15) is 5.01 Å². The maximum Gasteiger partial charge on any atom is 0.0496 e. The first-order valence-corrected chi connectivity index (χ1v) is 2.57. The third-order valence-electron chi connectivity index (χ3n) is 0.849. The van der Waals surface area contributed by atoms with Crippen LogP contribution in [0.5, 0.6) is 0 Å². The Balaban J connectivity index is 2.86. The normalized spacial score (nSPS) is 10.5. The first kappa shape index (κ1) is 7.84. The molecule has 0 spiro atoms. The monoisotopic (exact) mass is 120 g/mol. The standard InChI is InChI=1S/C4H12N2O2/c1-6(5-8)3-2-4-7/h7H,2-5H2,1H3. The molecule has 0 heterocycles. The molecule has 0 saturated carbocycles. The summed E-state index contributed by atoms with van der Waals surface area (Å²) in [5.74, 6) is 0. The largest absolute Gasteiger partial charge is 0.614 e. The van der Waals surface area contributed by atoms with Crippen LogP contribution >= 0.6 is 0 Å². The van der Waals surface area contributed by atoms with Crippen LogP contribution in [0, 0.1) is 5.21 Å². The van der Waals surface area contributed by atoms with E-state index >= 15 is 0 Å². The highest BCUT2D eigenvalue weighted by atomic mass is 16.5. The molecule has 50 valence electrons. The molecule has 0 amide bonds. The molecule has 4 nitrogen and oxygen atoms in total. The van der Waals surface area contributed by atoms with Crippen LogP contribution in [0.2, 0.25) is 0 Å². The van der Waals surface area contributed by atoms with E-state index in [0.717, 1.165) is 5.59 Å². The van der Waals surface area contributed by atoms with Gasteiger partial charge in [0.1, 0.15) is 0 Å². The molecular weight excluding hydrogens is 108 g/mol. The number of nitrogens with zero attached hydrogens (tertiary/aromatic N) is 1. The molecule has 4 heteroatoms. The fraction of sp³-hybridized carbons (Fsp3) is 1.00. The van der Waals surface area contributed by atoms with Gasteiger partial charge < -0.3 is 15.9 Å². The second-order valence-corrected chi connectivity index (χ2v) is 1.66. The minimum Gasteiger partial charge on any atom is -0.614 e. The van der Waals surface area contributed by atoms with Crippen molar-refractivity contribution in [2.45, 2.75) is 6.42 Å². The Morgan fingerprint density at radius 1 is 1.75 bits per heavy atom. The highest BCUT2D eigenvalue weighted by molar-refractivity contribution is 4.34. The van der Waals surface area contributed by atoms with Crippen molar-refractivity contribution in [2.24, 2.45) is 0 Å². The second kappa shape index (κ2) is 4.99. The Hall–Kier alpha value is -0.160. The molecule has 3 N–H and O–H groups in total. The molecule has 0 aromatic heterocycles. The number of nitrogens with two attached hydrogens (primary N) is 1. The van der Waals surface area contributed by atoms with Crippen LogP contribution in [-0.2, 0) is 0 Å². The van der Waals surface area contributed by atoms with E-state index in [9.17, 15) is 5.21 Å². The number of rotatable bonds is 4. The summed E-state index contributed by atoms with van der Waals surface area (Å²) < 4.78 is 0. The molecule has 8 heavy (non-hydrogen) atoms. The minimum atomic E-state index is 0.151. The van der Waals surface area contributed by atoms with Gasteiger partial charge in [0.05, 0.1) is 0 Å². The van der Waals surface area contributed by atoms with E-state index < -0.39 is 0 Å². The number of aliphatic hydroxyl groups is 1. The number of hydrogen-bond donors (Lipinski definition) is 2. The lowest BCUT2D eigenvalue weighted by atomic mass is 10.4. The van der Waals surface area contributed by atoms with Crippen molar-refractivity contribution in [1.82, 2.24) is 5.01 Å². The summed E-state index contributed by atoms with van der Waals surface area (Å²) in [6, 6.07) is 0. The zero-order chi connectivity index (χ0) is 6.41. The SMILES string of the molecule is CN(CCCO)[NH2+][O-]. The van der Waals surface area contributed by atoms with Crippen molar-refractivity contribution >= 4 is 0 Å². The number of aliphatic hydroxyl groups excluding tert-OH is 1. The first-order valence-electron chi connectivity index (χ1n) is 2.57. The Morgan fingerprint density at radius 3 is 2.75 bits per heavy atom. The van der Waals surface area contributed by atoms with E-state index in [-0.39, 0.29) is 6.61 Å². The maximum absolute atomic E-state index is 9.85. The van der Waals surface area contributed by atoms with Gasteiger partial charge in [-0.15, -0.1) is 0 Å². The van der Waals surface area contributed by atoms with E-state index in [1.807, 2.05) is 0 Å². The molecule has 0 aliphatic rings. The fourth-order valence-electron chi connectivity index (χ4n) is 0.373. The lowest BCUT2D eigenvalue weighted by molar-refractivity contribution is -0.747. The second-order valence-electron chi connectivity index (χ2n) is 1.66. The van der Waals surface area contributed by atoms with Gasteiger partial charge >= 0.3 is 0 Å². The van der Waals surface area contributed by atoms with Crippen molar-refractivity contribution in [3.63, 3.8) is 0 Å². The number of quaternary nitrogens is 1. The summed E-state index contributed by atoms with van der Waals surface area (Å²) in [6.07, 6.45) is 0.662. The topological polar surface area (TPSA) is 63.1 Å². The predicted octanol–water partition coefficient (Wildman–Crippen LogP) is -1.72. The van der Waals surface area contributed by atoms with Crippen LogP contribution in [0.15, 0.2) is 0 Å². The quantitative estimate of drug-likeness (QED) is 0.342. The van der Waals surface area contributed by atoms with Gasteiger partial charge in [0.25, 0.3) is 0 Å². The van der Waals surface area contributed by atoms with Crippen molar-refractivity contribution in [2.75, 3.05) is 20.2 Å². The minimum absolute atomic E-state index is 0.151. The van der Waals surface area contributed by atoms with Gasteiger partial charge in [0.2, 0.25) is 0 Å². The summed E-state index contributed by atoms with van der Waals surface area (Å²) in [7, 11) is 1.68. The molecule has 0 aliphatic carbocycles. The van der Waals surface area contributed by atoms with Crippen LogP contribution in [-0.4, -0.2) is 30.3 Å². The van der Waals surface area contributed by atoms with Gasteiger partial charge in [-0.1, -0.05) is 0 Å². The molecular formula is C4H12N2O2. The first-order chi connectivity index (χ1) is 3.81. The van der Waals surface area contributed by atoms with Crippen LogP contribution in [0.4, 0.5) is 0 Å². The summed E-state index contributed by atoms with van der Waals surface area (Å²) in [5, 5.41) is 19.6. The summed E-state index contributed by atoms with van der Waals surface area (Å²) in [4.78, 5) is 0. The molecule has 0 saturated heterocycles. The van der Waals surface area contributed by atoms with Gasteiger partial charge in [0.15, 0.2) is 0 Å². The van der Waals surface area contributed by atoms with E-state index in [0.29, 0.717) is 13.0 Å². The highest BCUT2D eigenvalue weighted by Gasteiger charge is 1.91. The van der Waals surface area contributed by atoms with Crippen LogP contribution in [0.1, 0.15) is 6.42 Å². The molecule has 0 rings (SSSR count). The molecule has 0 bridgehead atoms. The van der Waals surface area contributed by atoms with Gasteiger partial charge in [-0.05, 0) is 6.42 Å². The maximum atomic E-state index is 9.85. The molecule has 0 radical (unpaired) electrons. The molecule has 0 aliphatic heterocycles. The van der Waals surface area contributed by atoms with Crippen molar-refractivity contribution in [3.05, 3.63) is 5.21 Å². The summed E-state index contributed by atoms with van der Waals surface area (Å²) in [5.41, 5.74) is 0.746. The van der Waals surface area contributed by atoms with Gasteiger partial charge in [-0.25, -0.2) is 0 Å². The Kier molecular flexibility index (Phi) is 4.89. The van der Waals surface area contributed by atoms with E-state index in [4.69, 9.17) is 5.11 Å². The molecule has 0 unspecified atom stereocenters. The smallest absolute Gasteiger partial charge is 0.0496 e. The van der Waals surface area contributed by atoms with E-state index in [1.165, 1.54) is 5.01 Å². The zero-order valence-electron chi connectivity index (χ0n) is 5.00. The Labute approximate surface area is 48.7 Å². The van der Waals surface area contributed by atoms with Gasteiger partial charge in [-0.3, -0.25) is 0 Å². The van der Waals surface area contributed by atoms with E-state index in [1.54, 1.807) is 7.05 Å². The van der Waals surface area contributed by atoms with Crippen molar-refractivity contribution in [3.8, 4) is 0 Å². The predicted molar refractivity (Wildman–Crippen MR) is 29.6 cm³/mol. The summed E-state index contributed by atoms with van der Waals surface area (Å²) in [6.45, 7) is 0.790. The van der Waals surface area contributed by atoms with Crippen molar-refractivity contribution in [1.29, 1.82) is 0 Å². The summed E-state index contributed by atoms with van der Waals surface area (Å²) >= 11 is 0. The van der Waals surface area contributed by atoms with Crippen LogP contribution in [0.25, 0.3) is 0 Å². The molecule has 0 aromatic rings. The lowest BCUT2D eigenvalue weighted by Crippen LogP contribution is -2.87. The van der Waals surface area contributed by atoms with Crippen LogP contribution in [0.3, 0.4) is 0 Å². The third-order valence-corrected chi connectivity index (χ3v) is 0.849. The van der Waals surface area contributed by atoms with Crippen LogP contribution < -0.4 is 5.59 Å². The highest BCUT2D eigenvalue weighted by Crippen LogP contribution is 1.74. The lowest BCUT2D eigenvalue weighted by Gasteiger charge is -2.13. The average molecular weight is 120 g/mol.